The molecule has 0 unspecified atom stereocenters. The minimum atomic E-state index is 0.486. The van der Waals surface area contributed by atoms with Crippen molar-refractivity contribution < 1.29 is 19.0 Å². The summed E-state index contributed by atoms with van der Waals surface area (Å²) < 4.78 is 17.4. The lowest BCUT2D eigenvalue weighted by atomic mass is 10.0. The summed E-state index contributed by atoms with van der Waals surface area (Å²) in [6, 6.07) is 22.3. The Morgan fingerprint density at radius 3 is 2.03 bits per heavy atom. The van der Waals surface area contributed by atoms with Crippen LogP contribution in [0.3, 0.4) is 0 Å². The third-order valence-corrected chi connectivity index (χ3v) is 5.83. The molecule has 1 aliphatic heterocycles. The van der Waals surface area contributed by atoms with Gasteiger partial charge in [0.1, 0.15) is 6.61 Å². The quantitative estimate of drug-likeness (QED) is 0.409. The zero-order valence-electron chi connectivity index (χ0n) is 19.4. The van der Waals surface area contributed by atoms with Gasteiger partial charge in [-0.25, -0.2) is 0 Å². The lowest BCUT2D eigenvalue weighted by molar-refractivity contribution is 0.129. The Morgan fingerprint density at radius 1 is 0.727 bits per heavy atom. The van der Waals surface area contributed by atoms with Gasteiger partial charge in [0.25, 0.3) is 0 Å². The van der Waals surface area contributed by atoms with E-state index < -0.39 is 0 Å². The molecule has 33 heavy (non-hydrogen) atoms. The molecule has 0 saturated carbocycles. The van der Waals surface area contributed by atoms with E-state index in [0.717, 1.165) is 55.4 Å². The van der Waals surface area contributed by atoms with Crippen LogP contribution in [-0.2, 0) is 24.3 Å². The van der Waals surface area contributed by atoms with Crippen molar-refractivity contribution in [3.8, 4) is 23.0 Å². The molecule has 0 aromatic heterocycles. The van der Waals surface area contributed by atoms with Gasteiger partial charge in [0, 0.05) is 0 Å². The first-order valence-corrected chi connectivity index (χ1v) is 11.5. The van der Waals surface area contributed by atoms with Crippen molar-refractivity contribution in [3.05, 3.63) is 83.4 Å². The standard InChI is InChI=1S/C28H31NO4/c1-30-25-16-13-21-8-6-7-11-24(29-32-20-23-9-4-3-5-10-23)15-12-22-14-17-26(31-2)28(19-22)33-27(25)18-21/h3-5,9-10,13-14,16-19H,6-8,11-12,15,20H2,1-2H3/b29-24-. The second-order valence-electron chi connectivity index (χ2n) is 8.20. The van der Waals surface area contributed by atoms with Crippen LogP contribution in [0.25, 0.3) is 0 Å². The Bertz CT molecular complexity index is 1080. The van der Waals surface area contributed by atoms with E-state index in [1.807, 2.05) is 36.4 Å². The number of nitrogens with zero attached hydrogens (tertiary/aromatic N) is 1. The van der Waals surface area contributed by atoms with E-state index in [1.54, 1.807) is 14.2 Å². The van der Waals surface area contributed by atoms with Crippen LogP contribution in [0.2, 0.25) is 0 Å². The van der Waals surface area contributed by atoms with Crippen molar-refractivity contribution in [2.75, 3.05) is 14.2 Å². The fourth-order valence-corrected chi connectivity index (χ4v) is 3.97. The predicted molar refractivity (Wildman–Crippen MR) is 131 cm³/mol. The Kier molecular flexibility index (Phi) is 7.85. The number of rotatable bonds is 5. The van der Waals surface area contributed by atoms with Crippen molar-refractivity contribution in [2.24, 2.45) is 5.16 Å². The monoisotopic (exact) mass is 445 g/mol. The molecule has 4 rings (SSSR count). The van der Waals surface area contributed by atoms with Crippen molar-refractivity contribution in [3.63, 3.8) is 0 Å². The van der Waals surface area contributed by atoms with Crippen LogP contribution < -0.4 is 14.2 Å². The van der Waals surface area contributed by atoms with Crippen LogP contribution in [-0.4, -0.2) is 19.9 Å². The van der Waals surface area contributed by atoms with E-state index in [9.17, 15) is 0 Å². The second kappa shape index (κ2) is 11.4. The number of oxime groups is 1. The third-order valence-electron chi connectivity index (χ3n) is 5.83. The maximum absolute atomic E-state index is 6.28. The summed E-state index contributed by atoms with van der Waals surface area (Å²) in [6.45, 7) is 0.486. The van der Waals surface area contributed by atoms with Gasteiger partial charge in [-0.15, -0.1) is 0 Å². The van der Waals surface area contributed by atoms with Gasteiger partial charge < -0.3 is 19.0 Å². The molecule has 0 aliphatic carbocycles. The molecule has 0 radical (unpaired) electrons. The lowest BCUT2D eigenvalue weighted by Gasteiger charge is -2.16. The zero-order chi connectivity index (χ0) is 22.9. The number of hydrogen-bond donors (Lipinski definition) is 0. The maximum atomic E-state index is 6.28. The van der Waals surface area contributed by atoms with E-state index in [-0.39, 0.29) is 0 Å². The molecule has 0 fully saturated rings. The summed E-state index contributed by atoms with van der Waals surface area (Å²) in [7, 11) is 3.32. The van der Waals surface area contributed by atoms with Crippen LogP contribution in [0.15, 0.2) is 71.9 Å². The zero-order valence-corrected chi connectivity index (χ0v) is 19.4. The summed E-state index contributed by atoms with van der Waals surface area (Å²) in [5.74, 6) is 2.79. The number of aryl methyl sites for hydroxylation is 2. The number of benzene rings is 3. The van der Waals surface area contributed by atoms with Gasteiger partial charge in [-0.05, 0) is 79.5 Å². The first-order chi connectivity index (χ1) is 16.2. The number of ether oxygens (including phenoxy) is 3. The highest BCUT2D eigenvalue weighted by Gasteiger charge is 2.14. The second-order valence-corrected chi connectivity index (χ2v) is 8.20. The lowest BCUT2D eigenvalue weighted by Crippen LogP contribution is -2.04. The van der Waals surface area contributed by atoms with E-state index in [2.05, 4.69) is 35.5 Å². The molecule has 0 atom stereocenters. The smallest absolute Gasteiger partial charge is 0.169 e. The Balaban J connectivity index is 1.56. The first kappa shape index (κ1) is 22.7. The van der Waals surface area contributed by atoms with Crippen LogP contribution in [0.4, 0.5) is 0 Å². The normalized spacial score (nSPS) is 15.3. The van der Waals surface area contributed by atoms with Gasteiger partial charge in [-0.1, -0.05) is 47.6 Å². The average Bonchev–Trinajstić information content (AvgIpc) is 2.85. The van der Waals surface area contributed by atoms with Crippen molar-refractivity contribution in [1.29, 1.82) is 0 Å². The molecule has 0 amide bonds. The third kappa shape index (κ3) is 6.28. The highest BCUT2D eigenvalue weighted by molar-refractivity contribution is 5.84. The summed E-state index contributed by atoms with van der Waals surface area (Å²) in [5.41, 5.74) is 4.59. The minimum absolute atomic E-state index is 0.486. The molecule has 0 spiro atoms. The fourth-order valence-electron chi connectivity index (χ4n) is 3.97. The number of fused-ring (bicyclic) bond motifs is 4. The molecule has 3 aromatic carbocycles. The summed E-state index contributed by atoms with van der Waals surface area (Å²) in [5, 5.41) is 4.51. The highest BCUT2D eigenvalue weighted by Crippen LogP contribution is 2.38. The van der Waals surface area contributed by atoms with Gasteiger partial charge in [0.2, 0.25) is 0 Å². The maximum Gasteiger partial charge on any atom is 0.169 e. The molecule has 1 aliphatic rings. The molecule has 4 bridgehead atoms. The summed E-state index contributed by atoms with van der Waals surface area (Å²) in [4.78, 5) is 5.71. The number of methoxy groups -OCH3 is 2. The predicted octanol–water partition coefficient (Wildman–Crippen LogP) is 6.73. The first-order valence-electron chi connectivity index (χ1n) is 11.5. The van der Waals surface area contributed by atoms with Crippen LogP contribution in [0, 0.1) is 0 Å². The largest absolute Gasteiger partial charge is 0.493 e. The molecule has 5 nitrogen and oxygen atoms in total. The van der Waals surface area contributed by atoms with E-state index in [0.29, 0.717) is 29.6 Å². The molecular weight excluding hydrogens is 414 g/mol. The van der Waals surface area contributed by atoms with Crippen LogP contribution >= 0.6 is 0 Å². The summed E-state index contributed by atoms with van der Waals surface area (Å²) >= 11 is 0. The number of hydrogen-bond acceptors (Lipinski definition) is 5. The topological polar surface area (TPSA) is 49.3 Å². The van der Waals surface area contributed by atoms with Gasteiger partial charge >= 0.3 is 0 Å². The van der Waals surface area contributed by atoms with E-state index in [1.165, 1.54) is 5.56 Å². The minimum Gasteiger partial charge on any atom is -0.493 e. The Labute approximate surface area is 195 Å². The Hall–Kier alpha value is -3.47. The highest BCUT2D eigenvalue weighted by atomic mass is 16.6. The average molecular weight is 446 g/mol. The molecule has 0 N–H and O–H groups in total. The van der Waals surface area contributed by atoms with Gasteiger partial charge in [-0.3, -0.25) is 0 Å². The van der Waals surface area contributed by atoms with Gasteiger partial charge in [0.15, 0.2) is 23.0 Å². The SMILES string of the molecule is COc1ccc2cc1Oc1cc(ccc1OC)CC/C(=N\OCc1ccccc1)CCCC2. The van der Waals surface area contributed by atoms with Crippen molar-refractivity contribution in [2.45, 2.75) is 45.1 Å². The van der Waals surface area contributed by atoms with Gasteiger partial charge in [0.05, 0.1) is 19.9 Å². The summed E-state index contributed by atoms with van der Waals surface area (Å²) in [6.07, 6.45) is 5.72. The van der Waals surface area contributed by atoms with Crippen LogP contribution in [0.5, 0.6) is 23.0 Å². The molecule has 0 saturated heterocycles. The van der Waals surface area contributed by atoms with E-state index >= 15 is 0 Å². The van der Waals surface area contributed by atoms with E-state index in [4.69, 9.17) is 19.0 Å². The molecule has 3 aromatic rings. The van der Waals surface area contributed by atoms with Gasteiger partial charge in [-0.2, -0.15) is 0 Å². The molecule has 5 heteroatoms. The van der Waals surface area contributed by atoms with Crippen molar-refractivity contribution >= 4 is 5.71 Å². The van der Waals surface area contributed by atoms with Crippen LogP contribution in [0.1, 0.15) is 42.4 Å². The molecule has 172 valence electrons. The Morgan fingerprint density at radius 2 is 1.36 bits per heavy atom. The molecular formula is C28H31NO4. The fraction of sp³-hybridized carbons (Fsp3) is 0.321. The molecule has 1 heterocycles. The van der Waals surface area contributed by atoms with Crippen molar-refractivity contribution in [1.82, 2.24) is 0 Å².